The molecule has 0 radical (unpaired) electrons. The molecule has 0 aromatic heterocycles. The number of benzene rings is 1. The minimum absolute atomic E-state index is 0.0995. The molecule has 1 aliphatic carbocycles. The summed E-state index contributed by atoms with van der Waals surface area (Å²) in [6, 6.07) is 3.90. The average molecular weight is 548 g/mol. The van der Waals surface area contributed by atoms with E-state index < -0.39 is 53.2 Å². The van der Waals surface area contributed by atoms with Crippen LogP contribution in [0.4, 0.5) is 0 Å². The fourth-order valence-electron chi connectivity index (χ4n) is 6.47. The molecule has 39 heavy (non-hydrogen) atoms. The van der Waals surface area contributed by atoms with Gasteiger partial charge in [-0.15, -0.1) is 0 Å². The lowest BCUT2D eigenvalue weighted by Crippen LogP contribution is -2.56. The highest BCUT2D eigenvalue weighted by Gasteiger charge is 2.60. The number of aliphatic hydroxyl groups is 3. The lowest BCUT2D eigenvalue weighted by atomic mass is 9.77. The van der Waals surface area contributed by atoms with Crippen LogP contribution in [0.25, 0.3) is 0 Å². The number of ether oxygens (including phenoxy) is 5. The van der Waals surface area contributed by atoms with Crippen LogP contribution in [0.5, 0.6) is 11.5 Å². The molecule has 1 aromatic rings. The molecule has 1 fully saturated rings. The molecule has 0 bridgehead atoms. The van der Waals surface area contributed by atoms with Crippen molar-refractivity contribution in [3.05, 3.63) is 35.1 Å². The van der Waals surface area contributed by atoms with Gasteiger partial charge in [0.05, 0.1) is 31.3 Å². The van der Waals surface area contributed by atoms with Crippen molar-refractivity contribution in [2.45, 2.75) is 80.8 Å². The van der Waals surface area contributed by atoms with Crippen LogP contribution in [0.3, 0.4) is 0 Å². The maximum Gasteiger partial charge on any atom is 0.342 e. The molecule has 3 N–H and O–H groups in total. The smallest absolute Gasteiger partial charge is 0.342 e. The Morgan fingerprint density at radius 1 is 1.15 bits per heavy atom. The Morgan fingerprint density at radius 2 is 1.87 bits per heavy atom. The summed E-state index contributed by atoms with van der Waals surface area (Å²) >= 11 is 0. The van der Waals surface area contributed by atoms with Crippen LogP contribution < -0.4 is 9.47 Å². The number of hydrogen-bond donors (Lipinski definition) is 3. The van der Waals surface area contributed by atoms with Gasteiger partial charge in [-0.2, -0.15) is 0 Å². The van der Waals surface area contributed by atoms with Crippen molar-refractivity contribution in [1.82, 2.24) is 4.90 Å². The summed E-state index contributed by atoms with van der Waals surface area (Å²) < 4.78 is 27.7. The van der Waals surface area contributed by atoms with Gasteiger partial charge >= 0.3 is 11.9 Å². The van der Waals surface area contributed by atoms with Crippen molar-refractivity contribution < 1.29 is 48.6 Å². The van der Waals surface area contributed by atoms with Crippen molar-refractivity contribution >= 4 is 11.9 Å². The Balaban J connectivity index is 1.55. The standard InChI is InChI=1S/C28H37NO10/c1-26(2,33)8-9-28(34,23(30)24(31)36-4)25(32)39-22-20(35-3)14-27-7-5-10-29(27)11-6-16-12-18-19(38-15-37-18)13-17(16)21(22)27/h12-14,21-23,30,33-34H,5-11,15H2,1-4H3/t21-,22-,23+,27+,28-/m1/s1. The summed E-state index contributed by atoms with van der Waals surface area (Å²) in [5, 5.41) is 32.4. The number of fused-ring (bicyclic) bond motifs is 3. The zero-order valence-corrected chi connectivity index (χ0v) is 22.8. The van der Waals surface area contributed by atoms with E-state index in [1.165, 1.54) is 21.0 Å². The number of hydrogen-bond acceptors (Lipinski definition) is 11. The normalized spacial score (nSPS) is 27.8. The summed E-state index contributed by atoms with van der Waals surface area (Å²) in [5.74, 6) is -1.11. The summed E-state index contributed by atoms with van der Waals surface area (Å²) in [6.07, 6.45) is 0.799. The number of rotatable bonds is 8. The first-order valence-corrected chi connectivity index (χ1v) is 13.3. The Kier molecular flexibility index (Phi) is 7.07. The van der Waals surface area contributed by atoms with Gasteiger partial charge in [0, 0.05) is 6.54 Å². The molecule has 11 nitrogen and oxygen atoms in total. The van der Waals surface area contributed by atoms with Gasteiger partial charge in [-0.1, -0.05) is 0 Å². The second-order valence-electron chi connectivity index (χ2n) is 11.5. The van der Waals surface area contributed by atoms with E-state index in [9.17, 15) is 24.9 Å². The van der Waals surface area contributed by atoms with Gasteiger partial charge in [0.2, 0.25) is 6.79 Å². The highest BCUT2D eigenvalue weighted by Crippen LogP contribution is 2.55. The number of nitrogens with zero attached hydrogens (tertiary/aromatic N) is 1. The van der Waals surface area contributed by atoms with Crippen LogP contribution in [0.2, 0.25) is 0 Å². The predicted octanol–water partition coefficient (Wildman–Crippen LogP) is 1.16. The van der Waals surface area contributed by atoms with E-state index in [4.69, 9.17) is 18.9 Å². The Bertz CT molecular complexity index is 1180. The molecule has 1 aromatic carbocycles. The van der Waals surface area contributed by atoms with Gasteiger partial charge < -0.3 is 39.0 Å². The molecular weight excluding hydrogens is 510 g/mol. The van der Waals surface area contributed by atoms with Crippen LogP contribution in [0.1, 0.15) is 56.6 Å². The molecule has 0 unspecified atom stereocenters. The van der Waals surface area contributed by atoms with E-state index in [0.717, 1.165) is 50.6 Å². The first kappa shape index (κ1) is 27.7. The molecule has 214 valence electrons. The summed E-state index contributed by atoms with van der Waals surface area (Å²) in [5.41, 5.74) is -2.48. The summed E-state index contributed by atoms with van der Waals surface area (Å²) in [4.78, 5) is 28.4. The third-order valence-electron chi connectivity index (χ3n) is 8.55. The maximum absolute atomic E-state index is 13.7. The predicted molar refractivity (Wildman–Crippen MR) is 136 cm³/mol. The lowest BCUT2D eigenvalue weighted by Gasteiger charge is -2.40. The number of aliphatic hydroxyl groups excluding tert-OH is 1. The van der Waals surface area contributed by atoms with E-state index >= 15 is 0 Å². The topological polar surface area (TPSA) is 144 Å². The maximum atomic E-state index is 13.7. The fourth-order valence-corrected chi connectivity index (χ4v) is 6.47. The highest BCUT2D eigenvalue weighted by atomic mass is 16.7. The van der Waals surface area contributed by atoms with Crippen LogP contribution in [0, 0.1) is 0 Å². The molecule has 1 spiro atoms. The molecule has 5 rings (SSSR count). The minimum Gasteiger partial charge on any atom is -0.497 e. The van der Waals surface area contributed by atoms with Gasteiger partial charge in [0.1, 0.15) is 5.76 Å². The lowest BCUT2D eigenvalue weighted by molar-refractivity contribution is -0.196. The molecule has 0 saturated carbocycles. The van der Waals surface area contributed by atoms with Crippen molar-refractivity contribution in [1.29, 1.82) is 0 Å². The molecule has 3 heterocycles. The van der Waals surface area contributed by atoms with Gasteiger partial charge in [0.15, 0.2) is 29.3 Å². The molecule has 0 amide bonds. The Hall–Kier alpha value is -2.86. The number of carbonyl (C=O) groups excluding carboxylic acids is 2. The monoisotopic (exact) mass is 547 g/mol. The molecule has 5 atom stereocenters. The zero-order valence-electron chi connectivity index (χ0n) is 22.8. The third kappa shape index (κ3) is 4.65. The number of methoxy groups -OCH3 is 2. The molecule has 11 heteroatoms. The second-order valence-corrected chi connectivity index (χ2v) is 11.5. The zero-order chi connectivity index (χ0) is 28.2. The Labute approximate surface area is 227 Å². The number of carbonyl (C=O) groups is 2. The van der Waals surface area contributed by atoms with E-state index in [1.54, 1.807) is 0 Å². The van der Waals surface area contributed by atoms with E-state index in [2.05, 4.69) is 9.64 Å². The third-order valence-corrected chi connectivity index (χ3v) is 8.55. The Morgan fingerprint density at radius 3 is 2.54 bits per heavy atom. The van der Waals surface area contributed by atoms with E-state index in [0.29, 0.717) is 17.3 Å². The first-order chi connectivity index (χ1) is 18.4. The molecule has 3 aliphatic heterocycles. The largest absolute Gasteiger partial charge is 0.497 e. The molecule has 1 saturated heterocycles. The number of esters is 2. The average Bonchev–Trinajstić information content (AvgIpc) is 3.59. The SMILES string of the molecule is COC(=O)[C@H](O)[C@](O)(CCC(C)(C)O)C(=O)O[C@@H]1C(OC)=C[C@]23CCCN2CCc2cc4c(cc2[C@H]13)OCO4. The molecular formula is C28H37NO10. The van der Waals surface area contributed by atoms with Gasteiger partial charge in [-0.25, -0.2) is 9.59 Å². The first-order valence-electron chi connectivity index (χ1n) is 13.3. The van der Waals surface area contributed by atoms with E-state index in [1.807, 2.05) is 18.2 Å². The van der Waals surface area contributed by atoms with E-state index in [-0.39, 0.29) is 13.2 Å². The summed E-state index contributed by atoms with van der Waals surface area (Å²) in [6.45, 7) is 4.77. The van der Waals surface area contributed by atoms with Crippen molar-refractivity contribution in [3.8, 4) is 11.5 Å². The van der Waals surface area contributed by atoms with Crippen molar-refractivity contribution in [2.24, 2.45) is 0 Å². The second kappa shape index (κ2) is 9.96. The fraction of sp³-hybridized carbons (Fsp3) is 0.643. The van der Waals surface area contributed by atoms with Crippen molar-refractivity contribution in [2.75, 3.05) is 34.1 Å². The molecule has 4 aliphatic rings. The van der Waals surface area contributed by atoms with Crippen molar-refractivity contribution in [3.63, 3.8) is 0 Å². The minimum atomic E-state index is -2.67. The quantitative estimate of drug-likeness (QED) is 0.403. The van der Waals surface area contributed by atoms with Crippen LogP contribution >= 0.6 is 0 Å². The van der Waals surface area contributed by atoms with Gasteiger partial charge in [0.25, 0.3) is 0 Å². The van der Waals surface area contributed by atoms with Gasteiger partial charge in [-0.05, 0) is 81.8 Å². The van der Waals surface area contributed by atoms with Gasteiger partial charge in [-0.3, -0.25) is 4.90 Å². The van der Waals surface area contributed by atoms with Crippen LogP contribution in [-0.2, 0) is 30.2 Å². The summed E-state index contributed by atoms with van der Waals surface area (Å²) in [7, 11) is 2.54. The highest BCUT2D eigenvalue weighted by molar-refractivity contribution is 5.89. The van der Waals surface area contributed by atoms with Crippen LogP contribution in [-0.4, -0.2) is 95.2 Å². The van der Waals surface area contributed by atoms with Crippen LogP contribution in [0.15, 0.2) is 24.0 Å².